The number of aromatic nitrogens is 2. The van der Waals surface area contributed by atoms with Crippen molar-refractivity contribution in [2.45, 2.75) is 97.8 Å². The van der Waals surface area contributed by atoms with Gasteiger partial charge in [-0.25, -0.2) is 4.98 Å². The maximum absolute atomic E-state index is 6.95. The number of hydrogen-bond acceptors (Lipinski definition) is 4. The van der Waals surface area contributed by atoms with Gasteiger partial charge in [0.05, 0.1) is 0 Å². The summed E-state index contributed by atoms with van der Waals surface area (Å²) in [5.41, 5.74) is 14.2. The Labute approximate surface area is 424 Å². The molecule has 0 atom stereocenters. The van der Waals surface area contributed by atoms with Gasteiger partial charge in [-0.15, -0.1) is 53.6 Å². The van der Waals surface area contributed by atoms with Gasteiger partial charge in [0.1, 0.15) is 5.82 Å². The third-order valence-corrected chi connectivity index (χ3v) is 13.7. The summed E-state index contributed by atoms with van der Waals surface area (Å²) in [5, 5.41) is 2.21. The maximum Gasteiger partial charge on any atom is 0.135 e. The average Bonchev–Trinajstić information content (AvgIpc) is 3.86. The molecule has 2 aromatic heterocycles. The van der Waals surface area contributed by atoms with E-state index < -0.39 is 0 Å². The molecule has 0 saturated carbocycles. The summed E-state index contributed by atoms with van der Waals surface area (Å²) >= 11 is 0. The van der Waals surface area contributed by atoms with E-state index in [9.17, 15) is 0 Å². The van der Waals surface area contributed by atoms with Crippen LogP contribution in [-0.4, -0.2) is 9.55 Å². The zero-order valence-corrected chi connectivity index (χ0v) is 44.0. The SMILES string of the molecule is CC(C)(C)c1cc(Oc2[c-]c3c(cc2)c2cc(-c4ccccc4)ccc2n3-c2cc(C(C)(C)C)ccn2)[c-]c(N2[CH-]N(c3cccc(C(C)(C)C)c3)c3cc(C(C)(C)c4ccccc4)ccc32)c1.[Pt]. The molecule has 69 heavy (non-hydrogen) atoms. The fraction of sp³-hybridized carbons (Fsp3) is 0.238. The second-order valence-electron chi connectivity index (χ2n) is 22.0. The minimum atomic E-state index is -0.221. The molecule has 0 radical (unpaired) electrons. The first-order chi connectivity index (χ1) is 32.3. The van der Waals surface area contributed by atoms with Gasteiger partial charge in [0.2, 0.25) is 0 Å². The average molecular weight is 1090 g/mol. The fourth-order valence-electron chi connectivity index (χ4n) is 9.39. The molecule has 9 aromatic rings. The number of anilines is 4. The number of nitrogens with zero attached hydrogens (tertiary/aromatic N) is 4. The van der Waals surface area contributed by atoms with Gasteiger partial charge in [0.15, 0.2) is 0 Å². The Balaban J connectivity index is 0.00000593. The molecule has 6 heteroatoms. The Bertz CT molecular complexity index is 3330. The first-order valence-electron chi connectivity index (χ1n) is 23.9. The molecule has 0 unspecified atom stereocenters. The van der Waals surface area contributed by atoms with Gasteiger partial charge in [-0.3, -0.25) is 0 Å². The molecule has 0 fully saturated rings. The monoisotopic (exact) mass is 1080 g/mol. The molecule has 1 aliphatic rings. The van der Waals surface area contributed by atoms with Crippen LogP contribution < -0.4 is 14.5 Å². The van der Waals surface area contributed by atoms with E-state index in [2.05, 4.69) is 261 Å². The molecule has 7 aromatic carbocycles. The van der Waals surface area contributed by atoms with E-state index in [4.69, 9.17) is 9.72 Å². The van der Waals surface area contributed by atoms with Crippen LogP contribution in [0, 0.1) is 18.8 Å². The van der Waals surface area contributed by atoms with E-state index in [1.165, 1.54) is 27.8 Å². The summed E-state index contributed by atoms with van der Waals surface area (Å²) in [7, 11) is 0. The zero-order valence-electron chi connectivity index (χ0n) is 41.7. The second-order valence-corrected chi connectivity index (χ2v) is 22.0. The number of pyridine rings is 1. The number of ether oxygens (including phenoxy) is 1. The van der Waals surface area contributed by atoms with Crippen LogP contribution in [-0.2, 0) is 42.7 Å². The van der Waals surface area contributed by atoms with E-state index >= 15 is 0 Å². The number of rotatable bonds is 8. The molecule has 3 heterocycles. The van der Waals surface area contributed by atoms with Crippen molar-refractivity contribution in [2.24, 2.45) is 0 Å². The molecule has 10 rings (SSSR count). The molecule has 352 valence electrons. The predicted octanol–water partition coefficient (Wildman–Crippen LogP) is 16.9. The van der Waals surface area contributed by atoms with Crippen molar-refractivity contribution in [3.63, 3.8) is 0 Å². The van der Waals surface area contributed by atoms with Gasteiger partial charge in [-0.05, 0) is 97.5 Å². The normalized spacial score (nSPS) is 13.2. The van der Waals surface area contributed by atoms with Gasteiger partial charge in [-0.2, -0.15) is 6.07 Å². The van der Waals surface area contributed by atoms with E-state index in [0.717, 1.165) is 61.5 Å². The van der Waals surface area contributed by atoms with Gasteiger partial charge in [-0.1, -0.05) is 173 Å². The van der Waals surface area contributed by atoms with Crippen molar-refractivity contribution in [1.82, 2.24) is 9.55 Å². The summed E-state index contributed by atoms with van der Waals surface area (Å²) in [6.07, 6.45) is 1.92. The first kappa shape index (κ1) is 47.6. The van der Waals surface area contributed by atoms with Crippen molar-refractivity contribution >= 4 is 44.6 Å². The Morgan fingerprint density at radius 1 is 0.478 bits per heavy atom. The van der Waals surface area contributed by atoms with E-state index in [-0.39, 0.29) is 42.7 Å². The standard InChI is InChI=1S/C63H61N4O.Pt/c1-60(2,3)45-23-18-24-49(34-45)65-41-66(56-30-26-47(37-58(56)65)63(10,11)44-21-16-13-17-22-44)50-35-48(62(7,8)9)36-52(39-50)68-51-27-28-53-54-33-43(42-19-14-12-15-20-42)25-29-55(54)67(57(53)40-51)59-38-46(31-32-64-59)61(4,5)6;/h12-38,41H,1-11H3;/q-3;. The topological polar surface area (TPSA) is 33.5 Å². The molecule has 0 amide bonds. The van der Waals surface area contributed by atoms with E-state index in [0.29, 0.717) is 11.5 Å². The van der Waals surface area contributed by atoms with Crippen molar-refractivity contribution in [3.8, 4) is 28.4 Å². The second kappa shape index (κ2) is 17.8. The van der Waals surface area contributed by atoms with Crippen molar-refractivity contribution in [3.05, 3.63) is 211 Å². The zero-order chi connectivity index (χ0) is 47.8. The third kappa shape index (κ3) is 9.15. The summed E-state index contributed by atoms with van der Waals surface area (Å²) < 4.78 is 9.18. The van der Waals surface area contributed by atoms with Crippen LogP contribution in [0.25, 0.3) is 38.8 Å². The summed E-state index contributed by atoms with van der Waals surface area (Å²) in [5.74, 6) is 2.07. The van der Waals surface area contributed by atoms with Crippen LogP contribution in [0.15, 0.2) is 164 Å². The summed E-state index contributed by atoms with van der Waals surface area (Å²) in [6, 6.07) is 64.3. The summed E-state index contributed by atoms with van der Waals surface area (Å²) in [6.45, 7) is 27.1. The van der Waals surface area contributed by atoms with Crippen molar-refractivity contribution < 1.29 is 25.8 Å². The first-order valence-corrected chi connectivity index (χ1v) is 23.9. The van der Waals surface area contributed by atoms with Crippen LogP contribution in [0.2, 0.25) is 0 Å². The molecule has 1 aliphatic heterocycles. The molecular weight excluding hydrogens is 1020 g/mol. The van der Waals surface area contributed by atoms with Gasteiger partial charge in [0, 0.05) is 66.8 Å². The number of hydrogen-bond donors (Lipinski definition) is 0. The Morgan fingerprint density at radius 3 is 1.87 bits per heavy atom. The van der Waals surface area contributed by atoms with Crippen LogP contribution in [0.4, 0.5) is 22.7 Å². The van der Waals surface area contributed by atoms with Crippen LogP contribution in [0.1, 0.15) is 104 Å². The Hall–Kier alpha value is -6.42. The largest absolute Gasteiger partial charge is 0.509 e. The molecule has 0 bridgehead atoms. The number of fused-ring (bicyclic) bond motifs is 4. The van der Waals surface area contributed by atoms with Gasteiger partial charge in [0.25, 0.3) is 0 Å². The fourth-order valence-corrected chi connectivity index (χ4v) is 9.39. The molecule has 5 nitrogen and oxygen atoms in total. The quantitative estimate of drug-likeness (QED) is 0.142. The van der Waals surface area contributed by atoms with Crippen LogP contribution >= 0.6 is 0 Å². The maximum atomic E-state index is 6.95. The molecule has 0 aliphatic carbocycles. The summed E-state index contributed by atoms with van der Waals surface area (Å²) in [4.78, 5) is 9.56. The van der Waals surface area contributed by atoms with Crippen molar-refractivity contribution in [2.75, 3.05) is 9.80 Å². The molecular formula is C63H61N4OPt-3. The number of benzene rings is 7. The third-order valence-electron chi connectivity index (χ3n) is 13.7. The van der Waals surface area contributed by atoms with Crippen molar-refractivity contribution in [1.29, 1.82) is 0 Å². The Kier molecular flexibility index (Phi) is 12.3. The smallest absolute Gasteiger partial charge is 0.135 e. The van der Waals surface area contributed by atoms with Crippen LogP contribution in [0.3, 0.4) is 0 Å². The predicted molar refractivity (Wildman–Crippen MR) is 284 cm³/mol. The van der Waals surface area contributed by atoms with Gasteiger partial charge >= 0.3 is 0 Å². The minimum Gasteiger partial charge on any atom is -0.509 e. The van der Waals surface area contributed by atoms with E-state index in [1.807, 2.05) is 12.3 Å². The molecule has 0 saturated heterocycles. The molecule has 0 N–H and O–H groups in total. The van der Waals surface area contributed by atoms with Crippen LogP contribution in [0.5, 0.6) is 11.5 Å². The molecule has 0 spiro atoms. The Morgan fingerprint density at radius 2 is 1.16 bits per heavy atom. The minimum absolute atomic E-state index is 0. The van der Waals surface area contributed by atoms with Gasteiger partial charge < -0.3 is 19.1 Å². The van der Waals surface area contributed by atoms with E-state index in [1.54, 1.807) is 0 Å².